The molecular formula is C19H24N2O2. The maximum atomic E-state index is 12.6. The predicted molar refractivity (Wildman–Crippen MR) is 87.9 cm³/mol. The predicted octanol–water partition coefficient (Wildman–Crippen LogP) is 3.36. The number of fused-ring (bicyclic) bond motifs is 2. The van der Waals surface area contributed by atoms with Gasteiger partial charge in [0, 0.05) is 12.6 Å². The van der Waals surface area contributed by atoms with Gasteiger partial charge in [0.2, 0.25) is 0 Å². The van der Waals surface area contributed by atoms with Crippen LogP contribution in [0.5, 0.6) is 5.75 Å². The van der Waals surface area contributed by atoms with Crippen molar-refractivity contribution in [2.24, 2.45) is 10.8 Å². The highest BCUT2D eigenvalue weighted by Gasteiger charge is 2.50. The number of amides is 1. The van der Waals surface area contributed by atoms with Crippen molar-refractivity contribution in [3.05, 3.63) is 29.8 Å². The van der Waals surface area contributed by atoms with E-state index in [0.29, 0.717) is 22.8 Å². The summed E-state index contributed by atoms with van der Waals surface area (Å²) in [5, 5.41) is 9.08. The Kier molecular flexibility index (Phi) is 3.83. The van der Waals surface area contributed by atoms with Crippen LogP contribution in [-0.2, 0) is 4.79 Å². The van der Waals surface area contributed by atoms with Crippen LogP contribution in [0.25, 0.3) is 0 Å². The number of hydrogen-bond donors (Lipinski definition) is 0. The van der Waals surface area contributed by atoms with Crippen LogP contribution in [0.15, 0.2) is 24.3 Å². The average Bonchev–Trinajstić information content (AvgIpc) is 2.74. The van der Waals surface area contributed by atoms with Crippen LogP contribution in [0.4, 0.5) is 0 Å². The quantitative estimate of drug-likeness (QED) is 0.860. The first-order valence-corrected chi connectivity index (χ1v) is 8.23. The van der Waals surface area contributed by atoms with E-state index in [-0.39, 0.29) is 17.9 Å². The van der Waals surface area contributed by atoms with Crippen LogP contribution >= 0.6 is 0 Å². The van der Waals surface area contributed by atoms with E-state index in [2.05, 4.69) is 26.8 Å². The second-order valence-corrected chi connectivity index (χ2v) is 8.13. The number of nitriles is 1. The van der Waals surface area contributed by atoms with Gasteiger partial charge in [-0.2, -0.15) is 5.26 Å². The van der Waals surface area contributed by atoms with E-state index in [4.69, 9.17) is 10.00 Å². The van der Waals surface area contributed by atoms with Gasteiger partial charge < -0.3 is 9.64 Å². The first-order valence-electron chi connectivity index (χ1n) is 8.23. The van der Waals surface area contributed by atoms with Gasteiger partial charge in [-0.25, -0.2) is 0 Å². The summed E-state index contributed by atoms with van der Waals surface area (Å²) >= 11 is 0. The Morgan fingerprint density at radius 2 is 2.09 bits per heavy atom. The third kappa shape index (κ3) is 3.19. The van der Waals surface area contributed by atoms with Gasteiger partial charge in [-0.15, -0.1) is 0 Å². The van der Waals surface area contributed by atoms with Crippen molar-refractivity contribution in [1.82, 2.24) is 4.90 Å². The smallest absolute Gasteiger partial charge is 0.260 e. The Morgan fingerprint density at radius 3 is 2.83 bits per heavy atom. The molecule has 4 nitrogen and oxygen atoms in total. The third-order valence-corrected chi connectivity index (χ3v) is 5.09. The van der Waals surface area contributed by atoms with Gasteiger partial charge in [-0.05, 0) is 42.2 Å². The lowest BCUT2D eigenvalue weighted by molar-refractivity contribution is -0.134. The molecule has 0 spiro atoms. The van der Waals surface area contributed by atoms with Crippen LogP contribution in [0.2, 0.25) is 0 Å². The molecular weight excluding hydrogens is 288 g/mol. The van der Waals surface area contributed by atoms with Crippen molar-refractivity contribution < 1.29 is 9.53 Å². The first-order chi connectivity index (χ1) is 10.8. The number of carbonyl (C=O) groups excluding carboxylic acids is 1. The molecule has 2 bridgehead atoms. The second kappa shape index (κ2) is 5.56. The highest BCUT2D eigenvalue weighted by molar-refractivity contribution is 5.78. The van der Waals surface area contributed by atoms with E-state index in [1.165, 1.54) is 6.42 Å². The summed E-state index contributed by atoms with van der Waals surface area (Å²) in [5.74, 6) is 0.515. The van der Waals surface area contributed by atoms with Gasteiger partial charge in [0.1, 0.15) is 11.8 Å². The lowest BCUT2D eigenvalue weighted by Crippen LogP contribution is -2.40. The van der Waals surface area contributed by atoms with Crippen molar-refractivity contribution in [2.45, 2.75) is 46.1 Å². The van der Waals surface area contributed by atoms with Crippen molar-refractivity contribution in [3.63, 3.8) is 0 Å². The summed E-state index contributed by atoms with van der Waals surface area (Å²) < 4.78 is 5.62. The highest BCUT2D eigenvalue weighted by atomic mass is 16.5. The minimum absolute atomic E-state index is 0.00566. The Hall–Kier alpha value is -2.02. The monoisotopic (exact) mass is 312 g/mol. The zero-order valence-electron chi connectivity index (χ0n) is 14.1. The number of ether oxygens (including phenoxy) is 1. The number of carbonyl (C=O) groups is 1. The number of rotatable bonds is 3. The molecule has 1 aliphatic heterocycles. The van der Waals surface area contributed by atoms with Crippen molar-refractivity contribution >= 4 is 5.91 Å². The Labute approximate surface area is 138 Å². The maximum Gasteiger partial charge on any atom is 0.260 e. The number of para-hydroxylation sites is 1. The molecule has 4 heteroatoms. The molecule has 1 aromatic carbocycles. The summed E-state index contributed by atoms with van der Waals surface area (Å²) in [6.45, 7) is 7.71. The molecule has 0 unspecified atom stereocenters. The SMILES string of the molecule is CC1(C)C[C@H]2C[C@](C)(CN2C(=O)COc2ccccc2C#N)C1. The van der Waals surface area contributed by atoms with Crippen LogP contribution in [-0.4, -0.2) is 30.0 Å². The molecule has 3 rings (SSSR count). The van der Waals surface area contributed by atoms with E-state index in [9.17, 15) is 4.79 Å². The molecule has 2 atom stereocenters. The standard InChI is InChI=1S/C19H24N2O2/c1-18(2)8-15-9-19(3,12-18)13-21(15)17(22)11-23-16-7-5-4-6-14(16)10-20/h4-7,15H,8-9,11-13H2,1-3H3/t15-,19-/m0/s1. The van der Waals surface area contributed by atoms with Gasteiger partial charge in [0.05, 0.1) is 5.56 Å². The molecule has 23 heavy (non-hydrogen) atoms. The zero-order chi connectivity index (χ0) is 16.7. The molecule has 1 heterocycles. The van der Waals surface area contributed by atoms with Crippen molar-refractivity contribution in [1.29, 1.82) is 5.26 Å². The lowest BCUT2D eigenvalue weighted by atomic mass is 9.65. The Balaban J connectivity index is 1.67. The molecule has 2 fully saturated rings. The molecule has 1 aliphatic carbocycles. The van der Waals surface area contributed by atoms with Gasteiger partial charge in [-0.1, -0.05) is 32.9 Å². The average molecular weight is 312 g/mol. The fourth-order valence-electron chi connectivity index (χ4n) is 4.66. The van der Waals surface area contributed by atoms with E-state index in [1.54, 1.807) is 18.2 Å². The normalized spacial score (nSPS) is 28.3. The minimum atomic E-state index is 0.00566. The highest BCUT2D eigenvalue weighted by Crippen LogP contribution is 2.52. The van der Waals surface area contributed by atoms with Crippen LogP contribution in [0.1, 0.15) is 45.6 Å². The Morgan fingerprint density at radius 1 is 1.35 bits per heavy atom. The molecule has 1 aromatic rings. The largest absolute Gasteiger partial charge is 0.482 e. The molecule has 1 saturated heterocycles. The molecule has 0 radical (unpaired) electrons. The summed E-state index contributed by atoms with van der Waals surface area (Å²) in [5.41, 5.74) is 0.988. The van der Waals surface area contributed by atoms with Gasteiger partial charge in [0.15, 0.2) is 6.61 Å². The van der Waals surface area contributed by atoms with Crippen LogP contribution in [0, 0.1) is 22.2 Å². The summed E-state index contributed by atoms with van der Waals surface area (Å²) in [6.07, 6.45) is 3.32. The van der Waals surface area contributed by atoms with E-state index < -0.39 is 0 Å². The first kappa shape index (κ1) is 15.9. The summed E-state index contributed by atoms with van der Waals surface area (Å²) in [6, 6.07) is 9.46. The molecule has 2 aliphatic rings. The second-order valence-electron chi connectivity index (χ2n) is 8.13. The van der Waals surface area contributed by atoms with Crippen molar-refractivity contribution in [3.8, 4) is 11.8 Å². The topological polar surface area (TPSA) is 53.3 Å². The van der Waals surface area contributed by atoms with Crippen LogP contribution in [0.3, 0.4) is 0 Å². The number of nitrogens with zero attached hydrogens (tertiary/aromatic N) is 2. The summed E-state index contributed by atoms with van der Waals surface area (Å²) in [4.78, 5) is 14.6. The minimum Gasteiger partial charge on any atom is -0.482 e. The third-order valence-electron chi connectivity index (χ3n) is 5.09. The molecule has 0 aromatic heterocycles. The van der Waals surface area contributed by atoms with E-state index in [1.807, 2.05) is 11.0 Å². The fourth-order valence-corrected chi connectivity index (χ4v) is 4.66. The van der Waals surface area contributed by atoms with Crippen molar-refractivity contribution in [2.75, 3.05) is 13.2 Å². The van der Waals surface area contributed by atoms with Gasteiger partial charge in [-0.3, -0.25) is 4.79 Å². The zero-order valence-corrected chi connectivity index (χ0v) is 14.1. The molecule has 1 saturated carbocycles. The van der Waals surface area contributed by atoms with Gasteiger partial charge >= 0.3 is 0 Å². The lowest BCUT2D eigenvalue weighted by Gasteiger charge is -2.39. The molecule has 122 valence electrons. The number of benzene rings is 1. The van der Waals surface area contributed by atoms with Gasteiger partial charge in [0.25, 0.3) is 5.91 Å². The maximum absolute atomic E-state index is 12.6. The fraction of sp³-hybridized carbons (Fsp3) is 0.579. The summed E-state index contributed by atoms with van der Waals surface area (Å²) in [7, 11) is 0. The van der Waals surface area contributed by atoms with E-state index in [0.717, 1.165) is 19.4 Å². The van der Waals surface area contributed by atoms with Crippen LogP contribution < -0.4 is 4.74 Å². The number of likely N-dealkylation sites (tertiary alicyclic amines) is 1. The molecule has 1 amide bonds. The Bertz CT molecular complexity index is 662. The number of hydrogen-bond acceptors (Lipinski definition) is 3. The molecule has 0 N–H and O–H groups in total. The van der Waals surface area contributed by atoms with E-state index >= 15 is 0 Å².